The number of hydrogen-bond acceptors (Lipinski definition) is 4. The van der Waals surface area contributed by atoms with Gasteiger partial charge in [-0.15, -0.1) is 12.4 Å². The zero-order valence-corrected chi connectivity index (χ0v) is 8.05. The average Bonchev–Trinajstić information content (AvgIpc) is 1.99. The van der Waals surface area contributed by atoms with Gasteiger partial charge >= 0.3 is 13.8 Å². The maximum atomic E-state index is 10.6. The fourth-order valence-corrected chi connectivity index (χ4v) is 1.18. The molecular formula is C5H12ClNO4P+. The second-order valence-electron chi connectivity index (χ2n) is 2.08. The predicted octanol–water partition coefficient (Wildman–Crippen LogP) is -0.0126. The fraction of sp³-hybridized carbons (Fsp3) is 0.800. The molecule has 7 heteroatoms. The number of carboxylic acid groups (broad SMARTS) is 1. The molecule has 72 valence electrons. The van der Waals surface area contributed by atoms with E-state index in [9.17, 15) is 9.36 Å². The molecule has 0 amide bonds. The SMILES string of the molecule is Cl.NC(CC[P+](=O)CO)C(=O)O. The summed E-state index contributed by atoms with van der Waals surface area (Å²) in [6, 6.07) is -0.972. The molecule has 2 unspecified atom stereocenters. The van der Waals surface area contributed by atoms with Crippen LogP contribution in [0.4, 0.5) is 0 Å². The number of aliphatic carboxylic acids is 1. The molecule has 0 heterocycles. The van der Waals surface area contributed by atoms with Crippen molar-refractivity contribution < 1.29 is 19.6 Å². The van der Waals surface area contributed by atoms with Gasteiger partial charge in [-0.25, -0.2) is 0 Å². The van der Waals surface area contributed by atoms with Crippen LogP contribution in [-0.4, -0.2) is 34.7 Å². The van der Waals surface area contributed by atoms with Gasteiger partial charge in [0, 0.05) is 6.42 Å². The number of halogens is 1. The summed E-state index contributed by atoms with van der Waals surface area (Å²) in [6.07, 6.45) is -0.0912. The van der Waals surface area contributed by atoms with Crippen LogP contribution in [0.15, 0.2) is 0 Å². The first-order valence-electron chi connectivity index (χ1n) is 3.09. The van der Waals surface area contributed by atoms with E-state index in [1.54, 1.807) is 0 Å². The normalized spacial score (nSPS) is 13.0. The lowest BCUT2D eigenvalue weighted by molar-refractivity contribution is -0.138. The van der Waals surface area contributed by atoms with Crippen molar-refractivity contribution in [2.24, 2.45) is 5.73 Å². The molecule has 0 aliphatic heterocycles. The Morgan fingerprint density at radius 3 is 2.42 bits per heavy atom. The minimum absolute atomic E-state index is 0. The molecule has 2 atom stereocenters. The standard InChI is InChI=1S/C5H10NO4P.ClH/c6-4(5(8)9)1-2-11(10)3-7;/h4,7H,1-3,6H2;1H/p+1. The average molecular weight is 217 g/mol. The van der Waals surface area contributed by atoms with Crippen molar-refractivity contribution >= 4 is 26.2 Å². The minimum Gasteiger partial charge on any atom is -0.480 e. The highest BCUT2D eigenvalue weighted by molar-refractivity contribution is 7.44. The number of aliphatic hydroxyl groups excluding tert-OH is 1. The van der Waals surface area contributed by atoms with Gasteiger partial charge in [-0.3, -0.25) is 4.79 Å². The Kier molecular flexibility index (Phi) is 8.86. The van der Waals surface area contributed by atoms with Crippen LogP contribution in [0.25, 0.3) is 0 Å². The third kappa shape index (κ3) is 6.49. The molecule has 0 rings (SSSR count). The quantitative estimate of drug-likeness (QED) is 0.561. The first kappa shape index (κ1) is 14.3. The van der Waals surface area contributed by atoms with Gasteiger partial charge in [0.25, 0.3) is 0 Å². The minimum atomic E-state index is -1.67. The van der Waals surface area contributed by atoms with Crippen molar-refractivity contribution in [2.75, 3.05) is 12.5 Å². The van der Waals surface area contributed by atoms with Crippen LogP contribution >= 0.6 is 20.2 Å². The van der Waals surface area contributed by atoms with E-state index in [4.69, 9.17) is 15.9 Å². The van der Waals surface area contributed by atoms with Gasteiger partial charge in [0.15, 0.2) is 6.16 Å². The van der Waals surface area contributed by atoms with Crippen molar-refractivity contribution in [3.63, 3.8) is 0 Å². The van der Waals surface area contributed by atoms with Gasteiger partial charge in [0.2, 0.25) is 6.35 Å². The Labute approximate surface area is 77.1 Å². The number of carbonyl (C=O) groups is 1. The first-order valence-corrected chi connectivity index (χ1v) is 4.72. The molecule has 12 heavy (non-hydrogen) atoms. The van der Waals surface area contributed by atoms with Crippen molar-refractivity contribution in [3.8, 4) is 0 Å². The molecule has 0 fully saturated rings. The molecule has 0 radical (unpaired) electrons. The van der Waals surface area contributed by atoms with Crippen LogP contribution < -0.4 is 5.73 Å². The van der Waals surface area contributed by atoms with Crippen LogP contribution in [0.2, 0.25) is 0 Å². The van der Waals surface area contributed by atoms with Crippen LogP contribution in [0, 0.1) is 0 Å². The van der Waals surface area contributed by atoms with Crippen molar-refractivity contribution in [1.29, 1.82) is 0 Å². The van der Waals surface area contributed by atoms with E-state index in [0.29, 0.717) is 0 Å². The Bertz CT molecular complexity index is 166. The third-order valence-corrected chi connectivity index (χ3v) is 2.24. The summed E-state index contributed by atoms with van der Waals surface area (Å²) in [5.41, 5.74) is 5.11. The molecule has 0 aliphatic rings. The lowest BCUT2D eigenvalue weighted by atomic mass is 10.2. The molecule has 0 aromatic carbocycles. The van der Waals surface area contributed by atoms with Crippen molar-refractivity contribution in [1.82, 2.24) is 0 Å². The van der Waals surface area contributed by atoms with E-state index < -0.39 is 26.2 Å². The molecule has 0 saturated carbocycles. The van der Waals surface area contributed by atoms with Gasteiger partial charge in [-0.2, -0.15) is 0 Å². The topological polar surface area (TPSA) is 101 Å². The monoisotopic (exact) mass is 216 g/mol. The van der Waals surface area contributed by atoms with Crippen LogP contribution in [0.5, 0.6) is 0 Å². The van der Waals surface area contributed by atoms with E-state index in [0.717, 1.165) is 0 Å². The van der Waals surface area contributed by atoms with Gasteiger partial charge in [-0.1, -0.05) is 4.57 Å². The van der Waals surface area contributed by atoms with Gasteiger partial charge in [0.05, 0.1) is 0 Å². The molecule has 0 saturated heterocycles. The molecular weight excluding hydrogens is 204 g/mol. The van der Waals surface area contributed by atoms with Crippen molar-refractivity contribution in [3.05, 3.63) is 0 Å². The molecule has 0 spiro atoms. The second-order valence-corrected chi connectivity index (χ2v) is 3.77. The van der Waals surface area contributed by atoms with E-state index >= 15 is 0 Å². The lowest BCUT2D eigenvalue weighted by Gasteiger charge is -1.99. The molecule has 0 aromatic heterocycles. The smallest absolute Gasteiger partial charge is 0.366 e. The fourth-order valence-electron chi connectivity index (χ4n) is 0.477. The summed E-state index contributed by atoms with van der Waals surface area (Å²) in [5.74, 6) is -1.11. The van der Waals surface area contributed by atoms with E-state index in [1.165, 1.54) is 0 Å². The summed E-state index contributed by atoms with van der Waals surface area (Å²) in [4.78, 5) is 10.1. The number of rotatable bonds is 5. The highest BCUT2D eigenvalue weighted by Crippen LogP contribution is 2.19. The molecule has 0 bridgehead atoms. The Balaban J connectivity index is 0. The Hall–Kier alpha value is -0.220. The predicted molar refractivity (Wildman–Crippen MR) is 47.0 cm³/mol. The first-order chi connectivity index (χ1) is 5.07. The van der Waals surface area contributed by atoms with Gasteiger partial charge in [0.1, 0.15) is 6.04 Å². The number of aliphatic hydroxyl groups is 1. The second kappa shape index (κ2) is 7.43. The molecule has 5 nitrogen and oxygen atoms in total. The summed E-state index contributed by atoms with van der Waals surface area (Å²) in [5, 5.41) is 16.6. The Morgan fingerprint density at radius 1 is 1.58 bits per heavy atom. The van der Waals surface area contributed by atoms with Crippen LogP contribution in [-0.2, 0) is 9.36 Å². The summed E-state index contributed by atoms with van der Waals surface area (Å²) in [6.45, 7) is 0. The maximum absolute atomic E-state index is 10.6. The van der Waals surface area contributed by atoms with E-state index in [-0.39, 0.29) is 25.0 Å². The number of carboxylic acids is 1. The van der Waals surface area contributed by atoms with Gasteiger partial charge in [-0.05, 0) is 0 Å². The summed E-state index contributed by atoms with van der Waals surface area (Å²) >= 11 is 0. The Morgan fingerprint density at radius 2 is 2.08 bits per heavy atom. The molecule has 0 aromatic rings. The number of nitrogens with two attached hydrogens (primary N) is 1. The van der Waals surface area contributed by atoms with Crippen molar-refractivity contribution in [2.45, 2.75) is 12.5 Å². The largest absolute Gasteiger partial charge is 0.480 e. The number of hydrogen-bond donors (Lipinski definition) is 3. The van der Waals surface area contributed by atoms with Crippen LogP contribution in [0.3, 0.4) is 0 Å². The van der Waals surface area contributed by atoms with Gasteiger partial charge < -0.3 is 15.9 Å². The summed E-state index contributed by atoms with van der Waals surface area (Å²) < 4.78 is 10.6. The van der Waals surface area contributed by atoms with Crippen LogP contribution in [0.1, 0.15) is 6.42 Å². The van der Waals surface area contributed by atoms with E-state index in [1.807, 2.05) is 0 Å². The lowest BCUT2D eigenvalue weighted by Crippen LogP contribution is -2.30. The van der Waals surface area contributed by atoms with E-state index in [2.05, 4.69) is 0 Å². The molecule has 4 N–H and O–H groups in total. The summed E-state index contributed by atoms with van der Waals surface area (Å²) in [7, 11) is -1.67. The third-order valence-electron chi connectivity index (χ3n) is 1.16. The zero-order valence-electron chi connectivity index (χ0n) is 6.34. The zero-order chi connectivity index (χ0) is 8.85. The molecule has 0 aliphatic carbocycles. The highest BCUT2D eigenvalue weighted by atomic mass is 35.5. The maximum Gasteiger partial charge on any atom is 0.366 e. The highest BCUT2D eigenvalue weighted by Gasteiger charge is 2.18.